The second-order valence-corrected chi connectivity index (χ2v) is 6.73. The predicted octanol–water partition coefficient (Wildman–Crippen LogP) is 2.37. The minimum atomic E-state index is -0.453. The van der Waals surface area contributed by atoms with Crippen molar-refractivity contribution in [1.29, 1.82) is 0 Å². The van der Waals surface area contributed by atoms with Crippen LogP contribution in [0.1, 0.15) is 30.4 Å². The van der Waals surface area contributed by atoms with Crippen molar-refractivity contribution < 1.29 is 14.3 Å². The van der Waals surface area contributed by atoms with Crippen LogP contribution in [0.3, 0.4) is 0 Å². The summed E-state index contributed by atoms with van der Waals surface area (Å²) in [5.41, 5.74) is 0.906. The van der Waals surface area contributed by atoms with Crippen molar-refractivity contribution in [2.75, 3.05) is 25.3 Å². The van der Waals surface area contributed by atoms with E-state index >= 15 is 0 Å². The van der Waals surface area contributed by atoms with Crippen LogP contribution in [0.25, 0.3) is 0 Å². The fourth-order valence-corrected chi connectivity index (χ4v) is 3.53. The molecular formula is C17H19N3O4S. The smallest absolute Gasteiger partial charge is 0.257 e. The summed E-state index contributed by atoms with van der Waals surface area (Å²) in [5, 5.41) is 3.20. The maximum absolute atomic E-state index is 12.7. The third-order valence-electron chi connectivity index (χ3n) is 4.02. The number of thioether (sulfide) groups is 1. The largest absolute Gasteiger partial charge is 0.497 e. The van der Waals surface area contributed by atoms with Crippen LogP contribution >= 0.6 is 11.8 Å². The maximum Gasteiger partial charge on any atom is 0.257 e. The van der Waals surface area contributed by atoms with Crippen molar-refractivity contribution in [3.8, 4) is 11.5 Å². The van der Waals surface area contributed by atoms with Crippen LogP contribution in [0, 0.1) is 0 Å². The Balaban J connectivity index is 2.17. The fraction of sp³-hybridized carbons (Fsp3) is 0.353. The molecule has 1 aromatic carbocycles. The summed E-state index contributed by atoms with van der Waals surface area (Å²) in [5.74, 6) is 1.66. The predicted molar refractivity (Wildman–Crippen MR) is 95.9 cm³/mol. The normalized spacial score (nSPS) is 16.1. The number of carbonyl (C=O) groups excluding carboxylic acids is 1. The van der Waals surface area contributed by atoms with Crippen LogP contribution in [-0.4, -0.2) is 35.8 Å². The molecule has 1 aliphatic heterocycles. The van der Waals surface area contributed by atoms with Gasteiger partial charge in [-0.2, -0.15) is 0 Å². The molecule has 0 radical (unpaired) electrons. The number of anilines is 1. The Labute approximate surface area is 149 Å². The first-order valence-corrected chi connectivity index (χ1v) is 8.84. The number of fused-ring (bicyclic) bond motifs is 1. The fourth-order valence-electron chi connectivity index (χ4n) is 2.93. The first kappa shape index (κ1) is 17.3. The first-order chi connectivity index (χ1) is 12.1. The number of hydrogen-bond acceptors (Lipinski definition) is 6. The number of amides is 1. The molecule has 132 valence electrons. The first-order valence-electron chi connectivity index (χ1n) is 7.86. The van der Waals surface area contributed by atoms with E-state index in [0.29, 0.717) is 28.0 Å². The number of carbonyl (C=O) groups is 1. The Kier molecular flexibility index (Phi) is 4.98. The zero-order valence-corrected chi connectivity index (χ0v) is 15.0. The van der Waals surface area contributed by atoms with E-state index in [1.54, 1.807) is 32.4 Å². The number of aromatic nitrogens is 2. The van der Waals surface area contributed by atoms with Gasteiger partial charge < -0.3 is 19.8 Å². The van der Waals surface area contributed by atoms with Crippen LogP contribution in [0.5, 0.6) is 11.5 Å². The third kappa shape index (κ3) is 3.34. The number of ether oxygens (including phenoxy) is 2. The lowest BCUT2D eigenvalue weighted by Gasteiger charge is -2.26. The van der Waals surface area contributed by atoms with Gasteiger partial charge in [-0.05, 0) is 24.0 Å². The molecule has 0 bridgehead atoms. The molecule has 2 heterocycles. The summed E-state index contributed by atoms with van der Waals surface area (Å²) in [6.07, 6.45) is 0.140. The van der Waals surface area contributed by atoms with Crippen LogP contribution in [0.4, 0.5) is 5.82 Å². The topological polar surface area (TPSA) is 93.3 Å². The SMILES string of the molecule is CCSc1nc2c(c(=O)[nH]1)[C@@H](c1cc(OC)ccc1OC)CC(=O)N2. The van der Waals surface area contributed by atoms with Crippen molar-refractivity contribution in [2.45, 2.75) is 24.4 Å². The Morgan fingerprint density at radius 2 is 2.08 bits per heavy atom. The molecule has 0 saturated carbocycles. The second-order valence-electron chi connectivity index (χ2n) is 5.48. The minimum absolute atomic E-state index is 0.140. The van der Waals surface area contributed by atoms with E-state index in [1.807, 2.05) is 6.92 Å². The highest BCUT2D eigenvalue weighted by Crippen LogP contribution is 2.40. The average molecular weight is 361 g/mol. The Morgan fingerprint density at radius 3 is 2.76 bits per heavy atom. The lowest BCUT2D eigenvalue weighted by Crippen LogP contribution is -2.31. The van der Waals surface area contributed by atoms with E-state index < -0.39 is 5.92 Å². The lowest BCUT2D eigenvalue weighted by molar-refractivity contribution is -0.116. The van der Waals surface area contributed by atoms with Gasteiger partial charge in [-0.3, -0.25) is 9.59 Å². The summed E-state index contributed by atoms with van der Waals surface area (Å²) in [7, 11) is 3.12. The van der Waals surface area contributed by atoms with Crippen molar-refractivity contribution >= 4 is 23.5 Å². The molecule has 0 spiro atoms. The summed E-state index contributed by atoms with van der Waals surface area (Å²) >= 11 is 1.41. The van der Waals surface area contributed by atoms with Gasteiger partial charge in [0.15, 0.2) is 5.16 Å². The summed E-state index contributed by atoms with van der Waals surface area (Å²) in [6.45, 7) is 1.96. The quantitative estimate of drug-likeness (QED) is 0.627. The summed E-state index contributed by atoms with van der Waals surface area (Å²) in [6, 6.07) is 5.33. The van der Waals surface area contributed by atoms with Gasteiger partial charge in [0, 0.05) is 17.9 Å². The number of aromatic amines is 1. The summed E-state index contributed by atoms with van der Waals surface area (Å²) < 4.78 is 10.7. The Bertz CT molecular complexity index is 865. The van der Waals surface area contributed by atoms with Gasteiger partial charge in [-0.15, -0.1) is 0 Å². The van der Waals surface area contributed by atoms with Gasteiger partial charge in [0.2, 0.25) is 5.91 Å². The van der Waals surface area contributed by atoms with E-state index in [4.69, 9.17) is 9.47 Å². The molecule has 1 amide bonds. The number of hydrogen-bond donors (Lipinski definition) is 2. The van der Waals surface area contributed by atoms with E-state index in [-0.39, 0.29) is 17.9 Å². The zero-order chi connectivity index (χ0) is 18.0. The zero-order valence-electron chi connectivity index (χ0n) is 14.2. The molecular weight excluding hydrogens is 342 g/mol. The molecule has 25 heavy (non-hydrogen) atoms. The van der Waals surface area contributed by atoms with Crippen molar-refractivity contribution in [1.82, 2.24) is 9.97 Å². The number of methoxy groups -OCH3 is 2. The molecule has 0 fully saturated rings. The third-order valence-corrected chi connectivity index (χ3v) is 4.78. The second kappa shape index (κ2) is 7.18. The molecule has 1 aromatic heterocycles. The molecule has 8 heteroatoms. The number of H-pyrrole nitrogens is 1. The van der Waals surface area contributed by atoms with Crippen molar-refractivity contribution in [2.24, 2.45) is 0 Å². The molecule has 2 N–H and O–H groups in total. The van der Waals surface area contributed by atoms with Crippen LogP contribution < -0.4 is 20.3 Å². The van der Waals surface area contributed by atoms with Gasteiger partial charge >= 0.3 is 0 Å². The summed E-state index contributed by atoms with van der Waals surface area (Å²) in [4.78, 5) is 32.1. The highest BCUT2D eigenvalue weighted by Gasteiger charge is 2.33. The lowest BCUT2D eigenvalue weighted by atomic mass is 9.86. The van der Waals surface area contributed by atoms with Gasteiger partial charge in [0.05, 0.1) is 19.8 Å². The van der Waals surface area contributed by atoms with E-state index in [2.05, 4.69) is 15.3 Å². The highest BCUT2D eigenvalue weighted by molar-refractivity contribution is 7.99. The van der Waals surface area contributed by atoms with Gasteiger partial charge in [0.1, 0.15) is 17.3 Å². The molecule has 3 rings (SSSR count). The van der Waals surface area contributed by atoms with Gasteiger partial charge in [-0.1, -0.05) is 18.7 Å². The van der Waals surface area contributed by atoms with Crippen LogP contribution in [0.15, 0.2) is 28.2 Å². The molecule has 1 atom stereocenters. The number of rotatable bonds is 5. The molecule has 0 saturated heterocycles. The number of benzene rings is 1. The van der Waals surface area contributed by atoms with Crippen LogP contribution in [0.2, 0.25) is 0 Å². The molecule has 7 nitrogen and oxygen atoms in total. The molecule has 1 aliphatic rings. The average Bonchev–Trinajstić information content (AvgIpc) is 2.60. The number of nitrogens with one attached hydrogen (secondary N) is 2. The van der Waals surface area contributed by atoms with Crippen molar-refractivity contribution in [3.05, 3.63) is 39.7 Å². The van der Waals surface area contributed by atoms with Gasteiger partial charge in [0.25, 0.3) is 5.56 Å². The molecule has 0 unspecified atom stereocenters. The molecule has 2 aromatic rings. The highest BCUT2D eigenvalue weighted by atomic mass is 32.2. The van der Waals surface area contributed by atoms with E-state index in [9.17, 15) is 9.59 Å². The maximum atomic E-state index is 12.7. The van der Waals surface area contributed by atoms with Crippen molar-refractivity contribution in [3.63, 3.8) is 0 Å². The Hall–Kier alpha value is -2.48. The standard InChI is InChI=1S/C17H19N3O4S/c1-4-25-17-19-15-14(16(22)20-17)11(8-13(21)18-15)10-7-9(23-2)5-6-12(10)24-3/h5-7,11H,4,8H2,1-3H3,(H2,18,19,20,21,22)/t11-/m1/s1. The Morgan fingerprint density at radius 1 is 1.28 bits per heavy atom. The number of nitrogens with zero attached hydrogens (tertiary/aromatic N) is 1. The van der Waals surface area contributed by atoms with E-state index in [0.717, 1.165) is 11.3 Å². The van der Waals surface area contributed by atoms with Crippen LogP contribution in [-0.2, 0) is 4.79 Å². The van der Waals surface area contributed by atoms with Gasteiger partial charge in [-0.25, -0.2) is 4.98 Å². The monoisotopic (exact) mass is 361 g/mol. The minimum Gasteiger partial charge on any atom is -0.497 e. The molecule has 0 aliphatic carbocycles. The van der Waals surface area contributed by atoms with E-state index in [1.165, 1.54) is 11.8 Å².